The first-order chi connectivity index (χ1) is 12.7. The van der Waals surface area contributed by atoms with Crippen molar-refractivity contribution in [3.63, 3.8) is 0 Å². The molecule has 0 saturated carbocycles. The van der Waals surface area contributed by atoms with Gasteiger partial charge in [-0.05, 0) is 31.0 Å². The van der Waals surface area contributed by atoms with Crippen molar-refractivity contribution in [3.05, 3.63) is 65.5 Å². The molecule has 0 aliphatic heterocycles. The van der Waals surface area contributed by atoms with E-state index >= 15 is 0 Å². The summed E-state index contributed by atoms with van der Waals surface area (Å²) in [4.78, 5) is 12.1. The van der Waals surface area contributed by atoms with Crippen molar-refractivity contribution in [2.45, 2.75) is 19.9 Å². The molecule has 0 saturated heterocycles. The van der Waals surface area contributed by atoms with E-state index in [1.165, 1.54) is 0 Å². The van der Waals surface area contributed by atoms with Crippen molar-refractivity contribution in [3.8, 4) is 5.75 Å². The minimum absolute atomic E-state index is 0.296. The molecule has 26 heavy (non-hydrogen) atoms. The van der Waals surface area contributed by atoms with Crippen LogP contribution in [0.5, 0.6) is 5.75 Å². The zero-order valence-corrected chi connectivity index (χ0v) is 14.8. The minimum Gasteiger partial charge on any atom is -0.677 e. The lowest BCUT2D eigenvalue weighted by atomic mass is 10.1. The molecule has 6 heteroatoms. The first-order valence-corrected chi connectivity index (χ1v) is 8.71. The molecule has 0 radical (unpaired) electrons. The van der Waals surface area contributed by atoms with Gasteiger partial charge in [-0.1, -0.05) is 30.3 Å². The quantitative estimate of drug-likeness (QED) is 0.452. The van der Waals surface area contributed by atoms with Crippen LogP contribution in [0.1, 0.15) is 29.3 Å². The second kappa shape index (κ2) is 8.49. The van der Waals surface area contributed by atoms with Crippen LogP contribution < -0.4 is 4.74 Å². The molecule has 1 N–H and O–H groups in total. The number of nitrogens with zero attached hydrogens (tertiary/aromatic N) is 2. The number of aromatic nitrogens is 2. The highest BCUT2D eigenvalue weighted by molar-refractivity contribution is 5.97. The van der Waals surface area contributed by atoms with E-state index < -0.39 is 0 Å². The number of benzene rings is 2. The number of hydrogen-bond donors (Lipinski definition) is 0. The van der Waals surface area contributed by atoms with E-state index in [9.17, 15) is 4.79 Å². The van der Waals surface area contributed by atoms with Gasteiger partial charge in [0.2, 0.25) is 0 Å². The molecule has 1 aromatic heterocycles. The van der Waals surface area contributed by atoms with Crippen LogP contribution in [0.4, 0.5) is 0 Å². The van der Waals surface area contributed by atoms with Gasteiger partial charge >= 0.3 is 5.97 Å². The molecule has 0 aliphatic rings. The van der Waals surface area contributed by atoms with Crippen LogP contribution >= 0.6 is 0 Å². The highest BCUT2D eigenvalue weighted by atomic mass is 16.5. The van der Waals surface area contributed by atoms with E-state index in [1.807, 2.05) is 35.0 Å². The largest absolute Gasteiger partial charge is 0.677 e. The first kappa shape index (κ1) is 17.9. The number of rotatable bonds is 8. The summed E-state index contributed by atoms with van der Waals surface area (Å²) in [7, 11) is 0. The molecule has 0 aliphatic carbocycles. The molecule has 0 spiro atoms. The fourth-order valence-electron chi connectivity index (χ4n) is 2.77. The summed E-state index contributed by atoms with van der Waals surface area (Å²) in [5.74, 6) is 0.211. The van der Waals surface area contributed by atoms with Crippen molar-refractivity contribution in [2.75, 3.05) is 19.8 Å². The SMILES string of the molecule is CCOC(=O)c1cc(OCCC[NH-])c2c(cnn2Cc2ccccc2)c1. The highest BCUT2D eigenvalue weighted by Crippen LogP contribution is 2.29. The van der Waals surface area contributed by atoms with Gasteiger partial charge in [0.1, 0.15) is 11.3 Å². The van der Waals surface area contributed by atoms with E-state index in [-0.39, 0.29) is 5.97 Å². The van der Waals surface area contributed by atoms with E-state index in [1.54, 1.807) is 25.3 Å². The topological polar surface area (TPSA) is 77.2 Å². The Hall–Kier alpha value is -2.86. The maximum Gasteiger partial charge on any atom is 0.338 e. The van der Waals surface area contributed by atoms with E-state index in [4.69, 9.17) is 15.2 Å². The molecular weight excluding hydrogens is 330 g/mol. The van der Waals surface area contributed by atoms with Gasteiger partial charge < -0.3 is 15.2 Å². The fraction of sp³-hybridized carbons (Fsp3) is 0.300. The second-order valence-corrected chi connectivity index (χ2v) is 5.87. The lowest BCUT2D eigenvalue weighted by molar-refractivity contribution is 0.0526. The van der Waals surface area contributed by atoms with Crippen LogP contribution in [0.2, 0.25) is 0 Å². The highest BCUT2D eigenvalue weighted by Gasteiger charge is 2.16. The maximum atomic E-state index is 12.1. The molecule has 0 unspecified atom stereocenters. The summed E-state index contributed by atoms with van der Waals surface area (Å²) in [6, 6.07) is 13.5. The molecule has 6 nitrogen and oxygen atoms in total. The molecule has 2 aromatic carbocycles. The zero-order valence-electron chi connectivity index (χ0n) is 14.8. The summed E-state index contributed by atoms with van der Waals surface area (Å²) >= 11 is 0. The molecule has 0 fully saturated rings. The average molecular weight is 352 g/mol. The van der Waals surface area contributed by atoms with Crippen LogP contribution in [-0.4, -0.2) is 35.5 Å². The van der Waals surface area contributed by atoms with Gasteiger partial charge in [-0.15, -0.1) is 6.54 Å². The number of carbonyl (C=O) groups is 1. The molecule has 1 heterocycles. The summed E-state index contributed by atoms with van der Waals surface area (Å²) in [6.07, 6.45) is 2.36. The Morgan fingerprint density at radius 3 is 2.77 bits per heavy atom. The third kappa shape index (κ3) is 4.03. The molecule has 0 amide bonds. The van der Waals surface area contributed by atoms with Gasteiger partial charge in [-0.2, -0.15) is 5.10 Å². The van der Waals surface area contributed by atoms with Crippen molar-refractivity contribution in [1.82, 2.24) is 9.78 Å². The van der Waals surface area contributed by atoms with Crippen LogP contribution in [0.15, 0.2) is 48.7 Å². The fourth-order valence-corrected chi connectivity index (χ4v) is 2.77. The Labute approximate surface area is 152 Å². The normalized spacial score (nSPS) is 10.8. The van der Waals surface area contributed by atoms with E-state index in [2.05, 4.69) is 5.10 Å². The third-order valence-corrected chi connectivity index (χ3v) is 3.96. The summed E-state index contributed by atoms with van der Waals surface area (Å²) in [5.41, 5.74) is 9.70. The van der Waals surface area contributed by atoms with Crippen LogP contribution in [0.25, 0.3) is 16.6 Å². The first-order valence-electron chi connectivity index (χ1n) is 8.71. The van der Waals surface area contributed by atoms with E-state index in [0.29, 0.717) is 44.0 Å². The van der Waals surface area contributed by atoms with Crippen molar-refractivity contribution < 1.29 is 14.3 Å². The van der Waals surface area contributed by atoms with Gasteiger partial charge in [-0.3, -0.25) is 4.68 Å². The van der Waals surface area contributed by atoms with Gasteiger partial charge in [0, 0.05) is 5.39 Å². The van der Waals surface area contributed by atoms with Gasteiger partial charge in [0.15, 0.2) is 0 Å². The number of fused-ring (bicyclic) bond motifs is 1. The summed E-state index contributed by atoms with van der Waals surface area (Å²) in [6.45, 7) is 3.42. The Morgan fingerprint density at radius 1 is 1.23 bits per heavy atom. The Balaban J connectivity index is 2.00. The van der Waals surface area contributed by atoms with Crippen molar-refractivity contribution in [1.29, 1.82) is 0 Å². The predicted octanol–water partition coefficient (Wildman–Crippen LogP) is 4.08. The molecule has 0 atom stereocenters. The van der Waals surface area contributed by atoms with Gasteiger partial charge in [0.25, 0.3) is 0 Å². The zero-order chi connectivity index (χ0) is 18.4. The lowest BCUT2D eigenvalue weighted by Crippen LogP contribution is -2.08. The number of esters is 1. The van der Waals surface area contributed by atoms with Crippen molar-refractivity contribution in [2.24, 2.45) is 0 Å². The van der Waals surface area contributed by atoms with Crippen LogP contribution in [-0.2, 0) is 11.3 Å². The summed E-state index contributed by atoms with van der Waals surface area (Å²) in [5, 5.41) is 5.30. The van der Waals surface area contributed by atoms with Crippen molar-refractivity contribution >= 4 is 16.9 Å². The Kier molecular flexibility index (Phi) is 5.86. The van der Waals surface area contributed by atoms with Crippen LogP contribution in [0, 0.1) is 0 Å². The number of carbonyl (C=O) groups excluding carboxylic acids is 1. The lowest BCUT2D eigenvalue weighted by Gasteiger charge is -2.12. The monoisotopic (exact) mass is 352 g/mol. The molecule has 3 rings (SSSR count). The third-order valence-electron chi connectivity index (χ3n) is 3.96. The average Bonchev–Trinajstić information content (AvgIpc) is 3.06. The second-order valence-electron chi connectivity index (χ2n) is 5.87. The maximum absolute atomic E-state index is 12.1. The summed E-state index contributed by atoms with van der Waals surface area (Å²) < 4.78 is 12.9. The Bertz CT molecular complexity index is 875. The molecule has 136 valence electrons. The smallest absolute Gasteiger partial charge is 0.338 e. The molecule has 3 aromatic rings. The van der Waals surface area contributed by atoms with Gasteiger partial charge in [-0.25, -0.2) is 4.79 Å². The minimum atomic E-state index is -0.379. The van der Waals surface area contributed by atoms with Gasteiger partial charge in [0.05, 0.1) is 31.5 Å². The predicted molar refractivity (Wildman–Crippen MR) is 101 cm³/mol. The van der Waals surface area contributed by atoms with E-state index in [0.717, 1.165) is 16.5 Å². The van der Waals surface area contributed by atoms with Crippen LogP contribution in [0.3, 0.4) is 0 Å². The Morgan fingerprint density at radius 2 is 2.04 bits per heavy atom. The number of hydrogen-bond acceptors (Lipinski definition) is 4. The number of nitrogens with one attached hydrogen (secondary N) is 1. The molecular formula is C20H22N3O3-. The standard InChI is InChI=1S/C20H22N3O3/c1-2-25-20(24)16-11-17-13-22-23(14-15-7-4-3-5-8-15)19(17)18(12-16)26-10-6-9-21/h3-5,7-8,11-13,21H,2,6,9-10,14H2,1H3/q-1. The molecule has 0 bridgehead atoms. The number of ether oxygens (including phenoxy) is 2.